The Morgan fingerprint density at radius 2 is 2.22 bits per heavy atom. The minimum atomic E-state index is 0.232. The van der Waals surface area contributed by atoms with Crippen LogP contribution in [0.4, 0.5) is 0 Å². The van der Waals surface area contributed by atoms with Crippen molar-refractivity contribution in [2.45, 2.75) is 38.9 Å². The molecule has 0 aliphatic heterocycles. The van der Waals surface area contributed by atoms with Gasteiger partial charge in [0.2, 0.25) is 0 Å². The molecule has 0 saturated carbocycles. The summed E-state index contributed by atoms with van der Waals surface area (Å²) in [5, 5.41) is 0.739. The molecule has 0 spiro atoms. The zero-order chi connectivity index (χ0) is 7.28. The van der Waals surface area contributed by atoms with Gasteiger partial charge in [-0.15, -0.1) is 0 Å². The molecule has 0 aromatic rings. The van der Waals surface area contributed by atoms with Gasteiger partial charge in [-0.1, -0.05) is 32.0 Å². The van der Waals surface area contributed by atoms with E-state index < -0.39 is 0 Å². The highest BCUT2D eigenvalue weighted by Gasteiger charge is 2.02. The molecule has 54 valence electrons. The summed E-state index contributed by atoms with van der Waals surface area (Å²) < 4.78 is 0. The highest BCUT2D eigenvalue weighted by Crippen LogP contribution is 2.15. The minimum Gasteiger partial charge on any atom is -0.288 e. The molecule has 0 radical (unpaired) electrons. The van der Waals surface area contributed by atoms with Gasteiger partial charge in [0.1, 0.15) is 0 Å². The van der Waals surface area contributed by atoms with E-state index in [0.717, 1.165) is 6.42 Å². The van der Waals surface area contributed by atoms with Crippen LogP contribution < -0.4 is 0 Å². The van der Waals surface area contributed by atoms with Crippen LogP contribution in [0.1, 0.15) is 33.6 Å². The molecule has 1 unspecified atom stereocenters. The maximum absolute atomic E-state index is 10.5. The fourth-order valence-electron chi connectivity index (χ4n) is 0.749. The molecule has 9 heavy (non-hydrogen) atoms. The molecule has 0 aliphatic carbocycles. The molecule has 0 aromatic carbocycles. The Morgan fingerprint density at radius 1 is 1.67 bits per heavy atom. The van der Waals surface area contributed by atoms with E-state index in [2.05, 4.69) is 13.8 Å². The lowest BCUT2D eigenvalue weighted by atomic mass is 10.3. The summed E-state index contributed by atoms with van der Waals surface area (Å²) in [4.78, 5) is 10.5. The van der Waals surface area contributed by atoms with Crippen LogP contribution in [0.5, 0.6) is 0 Å². The first kappa shape index (κ1) is 9.02. The zero-order valence-corrected chi connectivity index (χ0v) is 7.12. The average molecular weight is 146 g/mol. The highest BCUT2D eigenvalue weighted by atomic mass is 32.2. The summed E-state index contributed by atoms with van der Waals surface area (Å²) >= 11 is 1.44. The van der Waals surface area contributed by atoms with Gasteiger partial charge in [-0.3, -0.25) is 4.79 Å². The minimum absolute atomic E-state index is 0.232. The lowest BCUT2D eigenvalue weighted by molar-refractivity contribution is -0.109. The third-order valence-electron chi connectivity index (χ3n) is 1.06. The van der Waals surface area contributed by atoms with E-state index in [-0.39, 0.29) is 5.12 Å². The molecule has 0 rings (SSSR count). The van der Waals surface area contributed by atoms with Crippen LogP contribution in [0.2, 0.25) is 0 Å². The van der Waals surface area contributed by atoms with Crippen LogP contribution in [0.25, 0.3) is 0 Å². The molecule has 2 heteroatoms. The maximum atomic E-state index is 10.5. The van der Waals surface area contributed by atoms with Crippen molar-refractivity contribution >= 4 is 16.9 Å². The van der Waals surface area contributed by atoms with E-state index in [1.807, 2.05) is 0 Å². The van der Waals surface area contributed by atoms with Crippen LogP contribution in [-0.2, 0) is 4.79 Å². The summed E-state index contributed by atoms with van der Waals surface area (Å²) in [6.07, 6.45) is 2.31. The first-order chi connectivity index (χ1) is 4.16. The van der Waals surface area contributed by atoms with Crippen LogP contribution in [0.15, 0.2) is 0 Å². The molecule has 0 aromatic heterocycles. The van der Waals surface area contributed by atoms with E-state index in [1.54, 1.807) is 6.92 Å². The van der Waals surface area contributed by atoms with Crippen molar-refractivity contribution in [1.82, 2.24) is 0 Å². The second kappa shape index (κ2) is 4.86. The standard InChI is InChI=1S/C7H14OS/c1-4-5-6(2)9-7(3)8/h6H,4-5H2,1-3H3. The van der Waals surface area contributed by atoms with Crippen molar-refractivity contribution < 1.29 is 4.79 Å². The Kier molecular flexibility index (Phi) is 4.87. The average Bonchev–Trinajstić information content (AvgIpc) is 1.63. The Hall–Kier alpha value is 0.0200. The van der Waals surface area contributed by atoms with Crippen molar-refractivity contribution in [3.63, 3.8) is 0 Å². The molecule has 0 bridgehead atoms. The lowest BCUT2D eigenvalue weighted by Crippen LogP contribution is -1.97. The van der Waals surface area contributed by atoms with Gasteiger partial charge in [0, 0.05) is 12.2 Å². The SMILES string of the molecule is CCCC(C)SC(C)=O. The number of carbonyl (C=O) groups is 1. The van der Waals surface area contributed by atoms with Crippen LogP contribution >= 0.6 is 11.8 Å². The summed E-state index contributed by atoms with van der Waals surface area (Å²) in [7, 11) is 0. The highest BCUT2D eigenvalue weighted by molar-refractivity contribution is 8.14. The number of thioether (sulfide) groups is 1. The molecule has 0 N–H and O–H groups in total. The van der Waals surface area contributed by atoms with Crippen molar-refractivity contribution in [1.29, 1.82) is 0 Å². The summed E-state index contributed by atoms with van der Waals surface area (Å²) in [6, 6.07) is 0. The second-order valence-electron chi connectivity index (χ2n) is 2.21. The van der Waals surface area contributed by atoms with Crippen LogP contribution in [0, 0.1) is 0 Å². The molecule has 0 amide bonds. The normalized spacial score (nSPS) is 13.2. The number of hydrogen-bond acceptors (Lipinski definition) is 2. The summed E-state index contributed by atoms with van der Waals surface area (Å²) in [5.41, 5.74) is 0. The van der Waals surface area contributed by atoms with Crippen molar-refractivity contribution in [3.8, 4) is 0 Å². The monoisotopic (exact) mass is 146 g/mol. The van der Waals surface area contributed by atoms with E-state index in [4.69, 9.17) is 0 Å². The van der Waals surface area contributed by atoms with E-state index in [0.29, 0.717) is 5.25 Å². The molecular formula is C7H14OS. The van der Waals surface area contributed by atoms with Crippen LogP contribution in [-0.4, -0.2) is 10.4 Å². The van der Waals surface area contributed by atoms with Gasteiger partial charge >= 0.3 is 0 Å². The van der Waals surface area contributed by atoms with E-state index in [9.17, 15) is 4.79 Å². The van der Waals surface area contributed by atoms with Gasteiger partial charge in [0.15, 0.2) is 5.12 Å². The Morgan fingerprint density at radius 3 is 2.56 bits per heavy atom. The van der Waals surface area contributed by atoms with Crippen molar-refractivity contribution in [3.05, 3.63) is 0 Å². The van der Waals surface area contributed by atoms with Crippen molar-refractivity contribution in [2.75, 3.05) is 0 Å². The maximum Gasteiger partial charge on any atom is 0.186 e. The molecule has 0 saturated heterocycles. The molecular weight excluding hydrogens is 132 g/mol. The molecule has 0 fully saturated rings. The topological polar surface area (TPSA) is 17.1 Å². The van der Waals surface area contributed by atoms with E-state index in [1.165, 1.54) is 18.2 Å². The summed E-state index contributed by atoms with van der Waals surface area (Å²) in [5.74, 6) is 0. The van der Waals surface area contributed by atoms with Gasteiger partial charge in [-0.05, 0) is 6.42 Å². The Bertz CT molecular complexity index is 90.9. The fraction of sp³-hybridized carbons (Fsp3) is 0.857. The largest absolute Gasteiger partial charge is 0.288 e. The number of rotatable bonds is 3. The summed E-state index contributed by atoms with van der Waals surface area (Å²) in [6.45, 7) is 5.85. The fourth-order valence-corrected chi connectivity index (χ4v) is 1.67. The smallest absolute Gasteiger partial charge is 0.186 e. The molecule has 0 aliphatic rings. The molecule has 1 atom stereocenters. The molecule has 0 heterocycles. The second-order valence-corrected chi connectivity index (χ2v) is 3.82. The predicted molar refractivity (Wildman–Crippen MR) is 42.6 cm³/mol. The number of carbonyl (C=O) groups excluding carboxylic acids is 1. The van der Waals surface area contributed by atoms with Crippen molar-refractivity contribution in [2.24, 2.45) is 0 Å². The molecule has 1 nitrogen and oxygen atoms in total. The third-order valence-corrected chi connectivity index (χ3v) is 2.03. The van der Waals surface area contributed by atoms with Gasteiger partial charge in [-0.2, -0.15) is 0 Å². The van der Waals surface area contributed by atoms with E-state index >= 15 is 0 Å². The Balaban J connectivity index is 3.26. The van der Waals surface area contributed by atoms with Gasteiger partial charge in [0.25, 0.3) is 0 Å². The quantitative estimate of drug-likeness (QED) is 0.608. The zero-order valence-electron chi connectivity index (χ0n) is 6.31. The van der Waals surface area contributed by atoms with Gasteiger partial charge < -0.3 is 0 Å². The van der Waals surface area contributed by atoms with Gasteiger partial charge in [0.05, 0.1) is 0 Å². The number of hydrogen-bond donors (Lipinski definition) is 0. The first-order valence-corrected chi connectivity index (χ1v) is 4.22. The van der Waals surface area contributed by atoms with Gasteiger partial charge in [-0.25, -0.2) is 0 Å². The first-order valence-electron chi connectivity index (χ1n) is 3.34. The van der Waals surface area contributed by atoms with Crippen LogP contribution in [0.3, 0.4) is 0 Å². The third kappa shape index (κ3) is 5.90. The lowest BCUT2D eigenvalue weighted by Gasteiger charge is -2.04. The predicted octanol–water partition coefficient (Wildman–Crippen LogP) is 2.45. The Labute approximate surface area is 61.2 Å².